The minimum Gasteiger partial charge on any atom is -0.394 e. The van der Waals surface area contributed by atoms with Crippen molar-refractivity contribution < 1.29 is 58.2 Å². The number of carbonyl (C=O) groups is 10. The van der Waals surface area contributed by atoms with Gasteiger partial charge in [0.25, 0.3) is 0 Å². The molecule has 3 saturated heterocycles. The third-order valence-corrected chi connectivity index (χ3v) is 11.0. The molecular formula is C38H63N11O12. The van der Waals surface area contributed by atoms with Gasteiger partial charge in [-0.15, -0.1) is 0 Å². The molecule has 0 bridgehead atoms. The Hall–Kier alpha value is -5.42. The van der Waals surface area contributed by atoms with Gasteiger partial charge in [-0.3, -0.25) is 47.9 Å². The number of primary amides is 1. The number of likely N-dealkylation sites (N-methyl/N-ethyl adjacent to an activating group) is 1. The molecule has 0 aromatic rings. The molecule has 0 aliphatic carbocycles. The van der Waals surface area contributed by atoms with Crippen molar-refractivity contribution in [2.75, 3.05) is 39.4 Å². The predicted molar refractivity (Wildman–Crippen MR) is 215 cm³/mol. The summed E-state index contributed by atoms with van der Waals surface area (Å²) in [6.07, 6.45) is 2.25. The lowest BCUT2D eigenvalue weighted by Crippen LogP contribution is -2.59. The fourth-order valence-corrected chi connectivity index (χ4v) is 7.51. The van der Waals surface area contributed by atoms with E-state index in [0.717, 1.165) is 0 Å². The van der Waals surface area contributed by atoms with E-state index in [9.17, 15) is 58.2 Å². The topological polar surface area (TPSA) is 331 Å². The number of hydrogen-bond donors (Lipinski definition) is 10. The minimum absolute atomic E-state index is 0.194. The molecule has 0 saturated carbocycles. The van der Waals surface area contributed by atoms with Gasteiger partial charge in [0.15, 0.2) is 0 Å². The number of nitrogens with two attached hydrogens (primary N) is 1. The number of nitrogens with one attached hydrogen (secondary N) is 7. The zero-order chi connectivity index (χ0) is 45.7. The molecule has 23 heteroatoms. The maximum atomic E-state index is 13.6. The van der Waals surface area contributed by atoms with Crippen molar-refractivity contribution >= 4 is 59.1 Å². The third kappa shape index (κ3) is 13.0. The maximum absolute atomic E-state index is 13.6. The zero-order valence-corrected chi connectivity index (χ0v) is 35.7. The molecule has 10 amide bonds. The molecule has 342 valence electrons. The summed E-state index contributed by atoms with van der Waals surface area (Å²) in [7, 11) is 0. The molecule has 0 radical (unpaired) electrons. The van der Waals surface area contributed by atoms with Crippen molar-refractivity contribution in [3.8, 4) is 0 Å². The number of likely N-dealkylation sites (tertiary alicyclic amines) is 3. The van der Waals surface area contributed by atoms with E-state index in [-0.39, 0.29) is 38.9 Å². The van der Waals surface area contributed by atoms with Crippen LogP contribution >= 0.6 is 0 Å². The first-order valence-electron chi connectivity index (χ1n) is 20.8. The second-order valence-electron chi connectivity index (χ2n) is 15.7. The van der Waals surface area contributed by atoms with Gasteiger partial charge in [0.1, 0.15) is 54.4 Å². The summed E-state index contributed by atoms with van der Waals surface area (Å²) in [4.78, 5) is 134. The summed E-state index contributed by atoms with van der Waals surface area (Å²) in [5.41, 5.74) is 5.14. The van der Waals surface area contributed by atoms with Crippen LogP contribution in [-0.2, 0) is 47.9 Å². The largest absolute Gasteiger partial charge is 0.394 e. The second-order valence-corrected chi connectivity index (χ2v) is 15.7. The van der Waals surface area contributed by atoms with E-state index in [1.165, 1.54) is 42.4 Å². The zero-order valence-electron chi connectivity index (χ0n) is 35.7. The van der Waals surface area contributed by atoms with E-state index >= 15 is 0 Å². The van der Waals surface area contributed by atoms with Gasteiger partial charge in [0, 0.05) is 19.6 Å². The number of amides is 10. The fourth-order valence-electron chi connectivity index (χ4n) is 7.51. The Morgan fingerprint density at radius 3 is 1.25 bits per heavy atom. The van der Waals surface area contributed by atoms with Crippen LogP contribution in [0.4, 0.5) is 0 Å². The van der Waals surface area contributed by atoms with Crippen LogP contribution in [0.5, 0.6) is 0 Å². The standard InChI is InChI=1S/C38H63N11O12/c1-7-40-19(2)30(53)46-25(18-51)38(61)49-16-10-13-28(49)34(57)41-20(3)31(54)43-22(5)36(59)48-15-9-12-27(48)35(58)44-23(6)37(60)47-14-8-11-26(47)33(56)42-21(4)32(55)45-24(17-50)29(39)52/h19-28,40,50-51H,7-18H2,1-6H3,(H2,39,52)(H,41,57)(H,42,56)(H,43,54)(H,44,58)(H,45,55)(H,46,53). The molecule has 61 heavy (non-hydrogen) atoms. The lowest BCUT2D eigenvalue weighted by Gasteiger charge is -2.31. The van der Waals surface area contributed by atoms with E-state index in [1.54, 1.807) is 6.92 Å². The van der Waals surface area contributed by atoms with Gasteiger partial charge in [-0.25, -0.2) is 0 Å². The average molecular weight is 866 g/mol. The Morgan fingerprint density at radius 2 is 0.852 bits per heavy atom. The molecule has 10 unspecified atom stereocenters. The molecule has 0 spiro atoms. The summed E-state index contributed by atoms with van der Waals surface area (Å²) in [5.74, 6) is -6.61. The second kappa shape index (κ2) is 23.0. The highest BCUT2D eigenvalue weighted by Gasteiger charge is 2.42. The van der Waals surface area contributed by atoms with Gasteiger partial charge in [0.2, 0.25) is 59.1 Å². The number of carbonyl (C=O) groups excluding carboxylic acids is 10. The van der Waals surface area contributed by atoms with Gasteiger partial charge in [0.05, 0.1) is 19.3 Å². The molecule has 3 fully saturated rings. The van der Waals surface area contributed by atoms with E-state index in [4.69, 9.17) is 5.73 Å². The molecule has 23 nitrogen and oxygen atoms in total. The summed E-state index contributed by atoms with van der Waals surface area (Å²) < 4.78 is 0. The van der Waals surface area contributed by atoms with Crippen molar-refractivity contribution in [2.24, 2.45) is 5.73 Å². The van der Waals surface area contributed by atoms with Crippen LogP contribution in [0.1, 0.15) is 80.1 Å². The number of rotatable bonds is 20. The van der Waals surface area contributed by atoms with E-state index in [1.807, 2.05) is 6.92 Å². The molecule has 11 N–H and O–H groups in total. The monoisotopic (exact) mass is 865 g/mol. The van der Waals surface area contributed by atoms with Gasteiger partial charge >= 0.3 is 0 Å². The Kier molecular flexibility index (Phi) is 18.8. The molecule has 3 aliphatic heterocycles. The van der Waals surface area contributed by atoms with Gasteiger partial charge in [-0.1, -0.05) is 6.92 Å². The molecule has 10 atom stereocenters. The average Bonchev–Trinajstić information content (AvgIpc) is 4.02. The van der Waals surface area contributed by atoms with Gasteiger partial charge in [-0.2, -0.15) is 0 Å². The van der Waals surface area contributed by atoms with E-state index < -0.39 is 133 Å². The van der Waals surface area contributed by atoms with Crippen LogP contribution in [0.15, 0.2) is 0 Å². The Morgan fingerprint density at radius 1 is 0.508 bits per heavy atom. The highest BCUT2D eigenvalue weighted by Crippen LogP contribution is 2.22. The summed E-state index contributed by atoms with van der Waals surface area (Å²) in [6.45, 7) is 8.73. The van der Waals surface area contributed by atoms with Crippen molar-refractivity contribution in [2.45, 2.75) is 140 Å². The lowest BCUT2D eigenvalue weighted by molar-refractivity contribution is -0.144. The summed E-state index contributed by atoms with van der Waals surface area (Å²) in [6, 6.07) is -10.6. The first kappa shape index (κ1) is 49.9. The third-order valence-electron chi connectivity index (χ3n) is 11.0. The molecule has 0 aromatic heterocycles. The highest BCUT2D eigenvalue weighted by molar-refractivity contribution is 5.98. The molecular weight excluding hydrogens is 802 g/mol. The number of aliphatic hydroxyl groups is 2. The van der Waals surface area contributed by atoms with Crippen LogP contribution in [0, 0.1) is 0 Å². The smallest absolute Gasteiger partial charge is 0.248 e. The SMILES string of the molecule is CCNC(C)C(=O)NC(CO)C(=O)N1CCCC1C(=O)NC(C)C(=O)NC(C)C(=O)N1CCCC1C(=O)NC(C)C(=O)N1CCCC1C(=O)NC(C)C(=O)NC(CO)C(N)=O. The van der Waals surface area contributed by atoms with Crippen LogP contribution in [0.25, 0.3) is 0 Å². The molecule has 3 rings (SSSR count). The number of aliphatic hydroxyl groups excluding tert-OH is 2. The first-order valence-corrected chi connectivity index (χ1v) is 20.8. The first-order chi connectivity index (χ1) is 28.8. The maximum Gasteiger partial charge on any atom is 0.248 e. The molecule has 3 aliphatic rings. The normalized spacial score (nSPS) is 22.1. The van der Waals surface area contributed by atoms with Crippen LogP contribution in [0.3, 0.4) is 0 Å². The molecule has 3 heterocycles. The Balaban J connectivity index is 1.53. The Bertz CT molecular complexity index is 1670. The van der Waals surface area contributed by atoms with Crippen LogP contribution in [-0.4, -0.2) is 184 Å². The summed E-state index contributed by atoms with van der Waals surface area (Å²) >= 11 is 0. The quantitative estimate of drug-likeness (QED) is 0.0547. The Labute approximate surface area is 354 Å². The van der Waals surface area contributed by atoms with E-state index in [0.29, 0.717) is 25.8 Å². The highest BCUT2D eigenvalue weighted by atomic mass is 16.3. The summed E-state index contributed by atoms with van der Waals surface area (Å²) in [5, 5.41) is 37.0. The van der Waals surface area contributed by atoms with E-state index in [2.05, 4.69) is 37.2 Å². The van der Waals surface area contributed by atoms with Crippen LogP contribution < -0.4 is 43.0 Å². The van der Waals surface area contributed by atoms with Gasteiger partial charge in [-0.05, 0) is 79.7 Å². The van der Waals surface area contributed by atoms with Crippen molar-refractivity contribution in [1.82, 2.24) is 51.9 Å². The number of hydrogen-bond acceptors (Lipinski definition) is 13. The van der Waals surface area contributed by atoms with Crippen molar-refractivity contribution in [3.63, 3.8) is 0 Å². The van der Waals surface area contributed by atoms with Crippen LogP contribution in [0.2, 0.25) is 0 Å². The minimum atomic E-state index is -1.35. The lowest BCUT2D eigenvalue weighted by atomic mass is 10.1. The van der Waals surface area contributed by atoms with Crippen molar-refractivity contribution in [3.05, 3.63) is 0 Å². The predicted octanol–water partition coefficient (Wildman–Crippen LogP) is -5.58. The fraction of sp³-hybridized carbons (Fsp3) is 0.737. The number of nitrogens with zero attached hydrogens (tertiary/aromatic N) is 3. The van der Waals surface area contributed by atoms with Crippen molar-refractivity contribution in [1.29, 1.82) is 0 Å². The molecule has 0 aromatic carbocycles. The van der Waals surface area contributed by atoms with Gasteiger partial charge < -0.3 is 67.9 Å².